The van der Waals surface area contributed by atoms with Crippen molar-refractivity contribution in [1.29, 1.82) is 0 Å². The second-order valence-corrected chi connectivity index (χ2v) is 9.54. The fourth-order valence-corrected chi connectivity index (χ4v) is 5.85. The van der Waals surface area contributed by atoms with Crippen LogP contribution in [-0.4, -0.2) is 50.0 Å². The summed E-state index contributed by atoms with van der Waals surface area (Å²) in [5, 5.41) is 3.76. The molecule has 3 rings (SSSR count). The molecule has 0 aliphatic carbocycles. The van der Waals surface area contributed by atoms with Crippen LogP contribution < -0.4 is 0 Å². The van der Waals surface area contributed by atoms with Crippen LogP contribution in [0.1, 0.15) is 44.6 Å². The molecule has 1 spiro atoms. The van der Waals surface area contributed by atoms with E-state index >= 15 is 0 Å². The van der Waals surface area contributed by atoms with Crippen molar-refractivity contribution in [2.45, 2.75) is 45.8 Å². The first-order valence-corrected chi connectivity index (χ1v) is 10.3. The second-order valence-electron chi connectivity index (χ2n) is 8.08. The van der Waals surface area contributed by atoms with E-state index in [-0.39, 0.29) is 17.4 Å². The minimum Gasteiger partial charge on any atom is -0.302 e. The van der Waals surface area contributed by atoms with Crippen molar-refractivity contribution in [1.82, 2.24) is 14.7 Å². The molecular weight excluding hydrogens is 351 g/mol. The van der Waals surface area contributed by atoms with Crippen molar-refractivity contribution >= 4 is 10.8 Å². The van der Waals surface area contributed by atoms with E-state index in [2.05, 4.69) is 16.9 Å². The number of rotatable bonds is 5. The monoisotopic (exact) mass is 377 g/mol. The van der Waals surface area contributed by atoms with Crippen molar-refractivity contribution < 1.29 is 17.4 Å². The van der Waals surface area contributed by atoms with Gasteiger partial charge in [0.15, 0.2) is 5.69 Å². The number of hydrogen-bond donors (Lipinski definition) is 0. The molecule has 1 aromatic heterocycles. The summed E-state index contributed by atoms with van der Waals surface area (Å²) >= 11 is 0. The van der Waals surface area contributed by atoms with Crippen LogP contribution in [0.2, 0.25) is 0 Å². The molecule has 2 aliphatic rings. The van der Waals surface area contributed by atoms with Crippen LogP contribution in [0.5, 0.6) is 0 Å². The standard InChI is InChI=1S/C17H26F3N3OS/c1-12(2)23-14(7-15(21-23)17(18,19)20)6-13(3)8-22-5-4-16(9-22)10-25(24)11-16/h7,12-13H,4-6,8-11H2,1-3H3. The number of aromatic nitrogens is 2. The molecule has 25 heavy (non-hydrogen) atoms. The van der Waals surface area contributed by atoms with E-state index < -0.39 is 22.7 Å². The summed E-state index contributed by atoms with van der Waals surface area (Å²) in [4.78, 5) is 2.38. The summed E-state index contributed by atoms with van der Waals surface area (Å²) in [5.74, 6) is 1.87. The number of alkyl halides is 3. The highest BCUT2D eigenvalue weighted by Crippen LogP contribution is 2.39. The molecule has 0 saturated carbocycles. The molecule has 8 heteroatoms. The van der Waals surface area contributed by atoms with Crippen LogP contribution >= 0.6 is 0 Å². The zero-order valence-corrected chi connectivity index (χ0v) is 15.8. The Bertz CT molecular complexity index is 648. The first kappa shape index (κ1) is 18.9. The second kappa shape index (κ2) is 6.68. The smallest absolute Gasteiger partial charge is 0.302 e. The molecule has 0 bridgehead atoms. The topological polar surface area (TPSA) is 38.1 Å². The van der Waals surface area contributed by atoms with Gasteiger partial charge in [0.1, 0.15) is 0 Å². The predicted molar refractivity (Wildman–Crippen MR) is 91.8 cm³/mol. The van der Waals surface area contributed by atoms with Crippen LogP contribution in [0.4, 0.5) is 13.2 Å². The predicted octanol–water partition coefficient (Wildman–Crippen LogP) is 3.12. The number of hydrogen-bond acceptors (Lipinski definition) is 3. The van der Waals surface area contributed by atoms with Gasteiger partial charge in [-0.05, 0) is 45.2 Å². The summed E-state index contributed by atoms with van der Waals surface area (Å²) in [6.45, 7) is 8.61. The highest BCUT2D eigenvalue weighted by molar-refractivity contribution is 7.86. The van der Waals surface area contributed by atoms with Gasteiger partial charge < -0.3 is 4.90 Å². The zero-order valence-electron chi connectivity index (χ0n) is 15.0. The highest BCUT2D eigenvalue weighted by atomic mass is 32.2. The Kier molecular flexibility index (Phi) is 5.05. The molecule has 2 aliphatic heterocycles. The van der Waals surface area contributed by atoms with Crippen molar-refractivity contribution in [3.05, 3.63) is 17.5 Å². The van der Waals surface area contributed by atoms with Gasteiger partial charge in [-0.15, -0.1) is 0 Å². The summed E-state index contributed by atoms with van der Waals surface area (Å²) in [6.07, 6.45) is -2.73. The van der Waals surface area contributed by atoms with Crippen LogP contribution in [0.25, 0.3) is 0 Å². The lowest BCUT2D eigenvalue weighted by atomic mass is 9.91. The van der Waals surface area contributed by atoms with E-state index in [1.165, 1.54) is 10.7 Å². The molecule has 0 amide bonds. The zero-order chi connectivity index (χ0) is 18.4. The average Bonchev–Trinajstić information content (AvgIpc) is 3.02. The SMILES string of the molecule is CC(Cc1cc(C(F)(F)F)nn1C(C)C)CN1CCC2(C1)CS(=O)C2. The third-order valence-electron chi connectivity index (χ3n) is 5.17. The van der Waals surface area contributed by atoms with Gasteiger partial charge >= 0.3 is 6.18 Å². The lowest BCUT2D eigenvalue weighted by Crippen LogP contribution is -2.47. The summed E-state index contributed by atoms with van der Waals surface area (Å²) in [5.41, 5.74) is 0.0854. The maximum atomic E-state index is 13.0. The van der Waals surface area contributed by atoms with E-state index in [4.69, 9.17) is 0 Å². The fourth-order valence-electron chi connectivity index (χ4n) is 4.09. The van der Waals surface area contributed by atoms with E-state index in [0.29, 0.717) is 12.1 Å². The van der Waals surface area contributed by atoms with Gasteiger partial charge in [-0.3, -0.25) is 8.89 Å². The Hall–Kier alpha value is -0.890. The molecule has 142 valence electrons. The third kappa shape index (κ3) is 4.10. The maximum absolute atomic E-state index is 13.0. The van der Waals surface area contributed by atoms with Gasteiger partial charge in [-0.2, -0.15) is 18.3 Å². The van der Waals surface area contributed by atoms with E-state index in [9.17, 15) is 17.4 Å². The minimum absolute atomic E-state index is 0.0988. The summed E-state index contributed by atoms with van der Waals surface area (Å²) in [6, 6.07) is 1.09. The Morgan fingerprint density at radius 2 is 2.00 bits per heavy atom. The highest BCUT2D eigenvalue weighted by Gasteiger charge is 2.47. The summed E-state index contributed by atoms with van der Waals surface area (Å²) in [7, 11) is -0.639. The van der Waals surface area contributed by atoms with Crippen LogP contribution in [0.3, 0.4) is 0 Å². The Morgan fingerprint density at radius 3 is 2.56 bits per heavy atom. The number of nitrogens with zero attached hydrogens (tertiary/aromatic N) is 3. The Balaban J connectivity index is 1.62. The lowest BCUT2D eigenvalue weighted by molar-refractivity contribution is -0.141. The fraction of sp³-hybridized carbons (Fsp3) is 0.824. The largest absolute Gasteiger partial charge is 0.435 e. The number of halogens is 3. The molecule has 0 N–H and O–H groups in total. The normalized spacial score (nSPS) is 28.7. The van der Waals surface area contributed by atoms with E-state index in [1.807, 2.05) is 13.8 Å². The van der Waals surface area contributed by atoms with Gasteiger partial charge in [-0.1, -0.05) is 6.92 Å². The number of likely N-dealkylation sites (tertiary alicyclic amines) is 1. The van der Waals surface area contributed by atoms with E-state index in [0.717, 1.165) is 37.6 Å². The molecule has 0 radical (unpaired) electrons. The van der Waals surface area contributed by atoms with Gasteiger partial charge in [0.25, 0.3) is 0 Å². The summed E-state index contributed by atoms with van der Waals surface area (Å²) < 4.78 is 51.8. The van der Waals surface area contributed by atoms with Gasteiger partial charge in [0.2, 0.25) is 0 Å². The maximum Gasteiger partial charge on any atom is 0.435 e. The van der Waals surface area contributed by atoms with Gasteiger partial charge in [0.05, 0.1) is 0 Å². The van der Waals surface area contributed by atoms with Crippen molar-refractivity contribution in [3.63, 3.8) is 0 Å². The first-order chi connectivity index (χ1) is 11.6. The third-order valence-corrected chi connectivity index (χ3v) is 7.04. The molecular formula is C17H26F3N3OS. The molecule has 1 aromatic rings. The van der Waals surface area contributed by atoms with Crippen LogP contribution in [-0.2, 0) is 23.4 Å². The molecule has 2 fully saturated rings. The minimum atomic E-state index is -4.40. The van der Waals surface area contributed by atoms with Crippen LogP contribution in [0, 0.1) is 11.3 Å². The van der Waals surface area contributed by atoms with Crippen LogP contribution in [0.15, 0.2) is 6.07 Å². The molecule has 4 nitrogen and oxygen atoms in total. The van der Waals surface area contributed by atoms with Crippen molar-refractivity contribution in [3.8, 4) is 0 Å². The van der Waals surface area contributed by atoms with Crippen molar-refractivity contribution in [2.24, 2.45) is 11.3 Å². The van der Waals surface area contributed by atoms with Gasteiger partial charge in [-0.25, -0.2) is 0 Å². The van der Waals surface area contributed by atoms with Gasteiger partial charge in [0, 0.05) is 52.5 Å². The Morgan fingerprint density at radius 1 is 1.32 bits per heavy atom. The molecule has 3 heterocycles. The quantitative estimate of drug-likeness (QED) is 0.791. The molecule has 0 aromatic carbocycles. The first-order valence-electron chi connectivity index (χ1n) is 8.81. The van der Waals surface area contributed by atoms with E-state index in [1.54, 1.807) is 0 Å². The molecule has 2 saturated heterocycles. The Labute approximate surface area is 149 Å². The van der Waals surface area contributed by atoms with Crippen molar-refractivity contribution in [2.75, 3.05) is 31.1 Å². The molecule has 1 atom stereocenters. The lowest BCUT2D eigenvalue weighted by Gasteiger charge is -2.37. The average molecular weight is 377 g/mol. The molecule has 1 unspecified atom stereocenters.